The van der Waals surface area contributed by atoms with Crippen molar-refractivity contribution in [3.63, 3.8) is 0 Å². The van der Waals surface area contributed by atoms with Crippen LogP contribution in [0.1, 0.15) is 57.7 Å². The van der Waals surface area contributed by atoms with Crippen molar-refractivity contribution in [3.05, 3.63) is 23.4 Å². The monoisotopic (exact) mass is 261 g/mol. The number of anilines is 1. The van der Waals surface area contributed by atoms with Crippen LogP contribution in [0.4, 0.5) is 5.82 Å². The van der Waals surface area contributed by atoms with Crippen molar-refractivity contribution in [2.24, 2.45) is 0 Å². The molecule has 2 rings (SSSR count). The van der Waals surface area contributed by atoms with Crippen LogP contribution in [0.5, 0.6) is 0 Å². The zero-order chi connectivity index (χ0) is 14.0. The Labute approximate surface area is 117 Å². The molecule has 0 aliphatic heterocycles. The SMILES string of the molecule is CC(C)c1cc(CNC2CC2)cc(N(C)C(C)C)n1. The molecule has 0 aromatic carbocycles. The van der Waals surface area contributed by atoms with E-state index in [4.69, 9.17) is 4.98 Å². The summed E-state index contributed by atoms with van der Waals surface area (Å²) in [6, 6.07) is 5.69. The van der Waals surface area contributed by atoms with Gasteiger partial charge >= 0.3 is 0 Å². The third kappa shape index (κ3) is 3.93. The highest BCUT2D eigenvalue weighted by Crippen LogP contribution is 2.23. The van der Waals surface area contributed by atoms with E-state index >= 15 is 0 Å². The van der Waals surface area contributed by atoms with Crippen LogP contribution in [0.3, 0.4) is 0 Å². The summed E-state index contributed by atoms with van der Waals surface area (Å²) in [5.74, 6) is 1.56. The quantitative estimate of drug-likeness (QED) is 0.851. The summed E-state index contributed by atoms with van der Waals surface area (Å²) in [6.07, 6.45) is 2.67. The maximum absolute atomic E-state index is 4.79. The third-order valence-electron chi connectivity index (χ3n) is 3.79. The minimum absolute atomic E-state index is 0.471. The van der Waals surface area contributed by atoms with Crippen molar-refractivity contribution in [2.45, 2.75) is 65.1 Å². The molecule has 1 aliphatic rings. The first-order valence-corrected chi connectivity index (χ1v) is 7.44. The summed E-state index contributed by atoms with van der Waals surface area (Å²) in [5, 5.41) is 3.59. The van der Waals surface area contributed by atoms with Crippen molar-refractivity contribution < 1.29 is 0 Å². The van der Waals surface area contributed by atoms with Crippen LogP contribution < -0.4 is 10.2 Å². The van der Waals surface area contributed by atoms with E-state index in [1.165, 1.54) is 24.1 Å². The fraction of sp³-hybridized carbons (Fsp3) is 0.688. The van der Waals surface area contributed by atoms with Gasteiger partial charge in [0.05, 0.1) is 0 Å². The molecule has 106 valence electrons. The Balaban J connectivity index is 2.20. The lowest BCUT2D eigenvalue weighted by Crippen LogP contribution is -2.27. The molecule has 0 amide bonds. The van der Waals surface area contributed by atoms with Gasteiger partial charge in [-0.25, -0.2) is 4.98 Å². The predicted octanol–water partition coefficient (Wildman–Crippen LogP) is 3.30. The second-order valence-electron chi connectivity index (χ2n) is 6.27. The molecule has 0 unspecified atom stereocenters. The molecule has 1 aromatic rings. The van der Waals surface area contributed by atoms with Gasteiger partial charge in [0.25, 0.3) is 0 Å². The summed E-state index contributed by atoms with van der Waals surface area (Å²) < 4.78 is 0. The Morgan fingerprint density at radius 3 is 2.47 bits per heavy atom. The molecule has 0 radical (unpaired) electrons. The Kier molecular flexibility index (Phi) is 4.46. The van der Waals surface area contributed by atoms with Crippen LogP contribution in [-0.2, 0) is 6.54 Å². The van der Waals surface area contributed by atoms with Crippen LogP contribution in [-0.4, -0.2) is 24.1 Å². The van der Waals surface area contributed by atoms with Gasteiger partial charge in [0.2, 0.25) is 0 Å². The van der Waals surface area contributed by atoms with E-state index < -0.39 is 0 Å². The fourth-order valence-corrected chi connectivity index (χ4v) is 1.99. The number of nitrogens with zero attached hydrogens (tertiary/aromatic N) is 2. The van der Waals surface area contributed by atoms with Gasteiger partial charge in [0.1, 0.15) is 5.82 Å². The maximum Gasteiger partial charge on any atom is 0.129 e. The Morgan fingerprint density at radius 1 is 1.26 bits per heavy atom. The first kappa shape index (κ1) is 14.3. The standard InChI is InChI=1S/C16H27N3/c1-11(2)15-8-13(10-17-14-6-7-14)9-16(18-15)19(5)12(3)4/h8-9,11-12,14,17H,6-7,10H2,1-5H3. The van der Waals surface area contributed by atoms with Crippen LogP contribution in [0.15, 0.2) is 12.1 Å². The van der Waals surface area contributed by atoms with Gasteiger partial charge in [0.15, 0.2) is 0 Å². The van der Waals surface area contributed by atoms with Gasteiger partial charge in [-0.3, -0.25) is 0 Å². The largest absolute Gasteiger partial charge is 0.357 e. The molecule has 19 heavy (non-hydrogen) atoms. The lowest BCUT2D eigenvalue weighted by molar-refractivity contribution is 0.680. The molecule has 0 saturated heterocycles. The van der Waals surface area contributed by atoms with Crippen molar-refractivity contribution in [2.75, 3.05) is 11.9 Å². The maximum atomic E-state index is 4.79. The zero-order valence-electron chi connectivity index (χ0n) is 12.9. The molecule has 0 spiro atoms. The molecule has 3 heteroatoms. The summed E-state index contributed by atoms with van der Waals surface area (Å²) in [5.41, 5.74) is 2.55. The molecular weight excluding hydrogens is 234 g/mol. The summed E-state index contributed by atoms with van der Waals surface area (Å²) >= 11 is 0. The Hall–Kier alpha value is -1.09. The van der Waals surface area contributed by atoms with E-state index in [9.17, 15) is 0 Å². The highest BCUT2D eigenvalue weighted by atomic mass is 15.2. The molecule has 1 aliphatic carbocycles. The summed E-state index contributed by atoms with van der Waals surface area (Å²) in [6.45, 7) is 9.78. The second kappa shape index (κ2) is 5.91. The van der Waals surface area contributed by atoms with E-state index in [1.807, 2.05) is 0 Å². The summed E-state index contributed by atoms with van der Waals surface area (Å²) in [4.78, 5) is 7.04. The Bertz CT molecular complexity index is 422. The van der Waals surface area contributed by atoms with Gasteiger partial charge in [-0.1, -0.05) is 13.8 Å². The zero-order valence-corrected chi connectivity index (χ0v) is 12.9. The molecule has 3 nitrogen and oxygen atoms in total. The highest BCUT2D eigenvalue weighted by molar-refractivity contribution is 5.43. The topological polar surface area (TPSA) is 28.2 Å². The normalized spacial score (nSPS) is 15.3. The predicted molar refractivity (Wildman–Crippen MR) is 81.7 cm³/mol. The van der Waals surface area contributed by atoms with Gasteiger partial charge < -0.3 is 10.2 Å². The average molecular weight is 261 g/mol. The van der Waals surface area contributed by atoms with Gasteiger partial charge in [0, 0.05) is 31.4 Å². The van der Waals surface area contributed by atoms with E-state index in [0.717, 1.165) is 18.4 Å². The molecule has 1 aromatic heterocycles. The number of pyridine rings is 1. The number of hydrogen-bond acceptors (Lipinski definition) is 3. The van der Waals surface area contributed by atoms with E-state index in [2.05, 4.69) is 57.1 Å². The molecule has 1 heterocycles. The number of rotatable bonds is 6. The van der Waals surface area contributed by atoms with Gasteiger partial charge in [-0.2, -0.15) is 0 Å². The first-order valence-electron chi connectivity index (χ1n) is 7.44. The van der Waals surface area contributed by atoms with E-state index in [-0.39, 0.29) is 0 Å². The molecular formula is C16H27N3. The molecule has 1 fully saturated rings. The van der Waals surface area contributed by atoms with Crippen molar-refractivity contribution >= 4 is 5.82 Å². The first-order chi connectivity index (χ1) is 8.97. The lowest BCUT2D eigenvalue weighted by Gasteiger charge is -2.24. The number of nitrogens with one attached hydrogen (secondary N) is 1. The molecule has 1 N–H and O–H groups in total. The summed E-state index contributed by atoms with van der Waals surface area (Å²) in [7, 11) is 2.12. The lowest BCUT2D eigenvalue weighted by atomic mass is 10.1. The van der Waals surface area contributed by atoms with Crippen molar-refractivity contribution in [1.82, 2.24) is 10.3 Å². The minimum atomic E-state index is 0.471. The minimum Gasteiger partial charge on any atom is -0.357 e. The van der Waals surface area contributed by atoms with Crippen LogP contribution in [0, 0.1) is 0 Å². The second-order valence-corrected chi connectivity index (χ2v) is 6.27. The highest BCUT2D eigenvalue weighted by Gasteiger charge is 2.20. The van der Waals surface area contributed by atoms with Crippen LogP contribution in [0.25, 0.3) is 0 Å². The molecule has 0 atom stereocenters. The van der Waals surface area contributed by atoms with Crippen molar-refractivity contribution in [3.8, 4) is 0 Å². The molecule has 1 saturated carbocycles. The van der Waals surface area contributed by atoms with Crippen LogP contribution in [0.2, 0.25) is 0 Å². The molecule has 0 bridgehead atoms. The Morgan fingerprint density at radius 2 is 1.95 bits per heavy atom. The van der Waals surface area contributed by atoms with Gasteiger partial charge in [-0.15, -0.1) is 0 Å². The van der Waals surface area contributed by atoms with Gasteiger partial charge in [-0.05, 0) is 50.3 Å². The van der Waals surface area contributed by atoms with E-state index in [1.54, 1.807) is 0 Å². The number of hydrogen-bond donors (Lipinski definition) is 1. The third-order valence-corrected chi connectivity index (χ3v) is 3.79. The smallest absolute Gasteiger partial charge is 0.129 e. The van der Waals surface area contributed by atoms with Crippen LogP contribution >= 0.6 is 0 Å². The average Bonchev–Trinajstić information content (AvgIpc) is 3.18. The fourth-order valence-electron chi connectivity index (χ4n) is 1.99. The van der Waals surface area contributed by atoms with E-state index in [0.29, 0.717) is 12.0 Å². The van der Waals surface area contributed by atoms with Crippen molar-refractivity contribution in [1.29, 1.82) is 0 Å². The number of aromatic nitrogens is 1.